The van der Waals surface area contributed by atoms with Crippen molar-refractivity contribution in [3.63, 3.8) is 0 Å². The second kappa shape index (κ2) is 45.9. The van der Waals surface area contributed by atoms with E-state index in [0.29, 0.717) is 12.8 Å². The van der Waals surface area contributed by atoms with Crippen LogP contribution in [0.2, 0.25) is 0 Å². The van der Waals surface area contributed by atoms with Gasteiger partial charge in [-0.1, -0.05) is 271 Å². The summed E-state index contributed by atoms with van der Waals surface area (Å²) in [6.07, 6.45) is 47.8. The number of hydrogen-bond acceptors (Lipinski definition) is 8. The van der Waals surface area contributed by atoms with Crippen molar-refractivity contribution in [1.29, 1.82) is 0 Å². The van der Waals surface area contributed by atoms with Gasteiger partial charge in [-0.15, -0.1) is 0 Å². The number of aliphatic hydroxyl groups excluding tert-OH is 5. The van der Waals surface area contributed by atoms with Crippen molar-refractivity contribution < 1.29 is 39.8 Å². The molecule has 0 saturated carbocycles. The molecule has 0 bridgehead atoms. The molecule has 0 radical (unpaired) electrons. The molecule has 1 aliphatic heterocycles. The Kier molecular flexibility index (Phi) is 43.9. The lowest BCUT2D eigenvalue weighted by Crippen LogP contribution is -2.60. The summed E-state index contributed by atoms with van der Waals surface area (Å²) in [6, 6.07) is -0.710. The van der Waals surface area contributed by atoms with Crippen LogP contribution < -0.4 is 5.32 Å². The van der Waals surface area contributed by atoms with Gasteiger partial charge in [0.15, 0.2) is 6.29 Å². The van der Waals surface area contributed by atoms with Crippen LogP contribution in [0.3, 0.4) is 0 Å². The molecule has 9 nitrogen and oxygen atoms in total. The van der Waals surface area contributed by atoms with Gasteiger partial charge in [0, 0.05) is 6.42 Å². The summed E-state index contributed by atoms with van der Waals surface area (Å²) in [5, 5.41) is 54.1. The fourth-order valence-corrected chi connectivity index (χ4v) is 9.46. The smallest absolute Gasteiger partial charge is 0.220 e. The fourth-order valence-electron chi connectivity index (χ4n) is 9.46. The van der Waals surface area contributed by atoms with Gasteiger partial charge in [-0.25, -0.2) is 0 Å². The number of rotatable bonds is 49. The molecule has 0 aromatic rings. The average molecular weight is 912 g/mol. The van der Waals surface area contributed by atoms with Gasteiger partial charge in [-0.2, -0.15) is 0 Å². The minimum absolute atomic E-state index is 0.134. The van der Waals surface area contributed by atoms with Crippen LogP contribution in [0.25, 0.3) is 0 Å². The minimum atomic E-state index is -1.55. The Bertz CT molecular complexity index is 970. The van der Waals surface area contributed by atoms with E-state index in [1.807, 2.05) is 0 Å². The molecule has 7 unspecified atom stereocenters. The first-order valence-electron chi connectivity index (χ1n) is 28.2. The highest BCUT2D eigenvalue weighted by Crippen LogP contribution is 2.23. The van der Waals surface area contributed by atoms with E-state index in [4.69, 9.17) is 9.47 Å². The molecule has 1 amide bonds. The molecular formula is C55H109NO8. The Morgan fingerprint density at radius 3 is 1.11 bits per heavy atom. The number of aliphatic hydroxyl groups is 5. The average Bonchev–Trinajstić information content (AvgIpc) is 3.29. The van der Waals surface area contributed by atoms with Crippen LogP contribution in [-0.2, 0) is 14.3 Å². The summed E-state index contributed by atoms with van der Waals surface area (Å²) < 4.78 is 11.2. The van der Waals surface area contributed by atoms with E-state index in [1.165, 1.54) is 225 Å². The first-order valence-corrected chi connectivity index (χ1v) is 28.2. The second-order valence-corrected chi connectivity index (χ2v) is 20.1. The third-order valence-corrected chi connectivity index (χ3v) is 14.0. The third-order valence-electron chi connectivity index (χ3n) is 14.0. The van der Waals surface area contributed by atoms with Gasteiger partial charge in [0.2, 0.25) is 5.91 Å². The number of unbranched alkanes of at least 4 members (excludes halogenated alkanes) is 39. The summed E-state index contributed by atoms with van der Waals surface area (Å²) in [4.78, 5) is 12.9. The van der Waals surface area contributed by atoms with Crippen LogP contribution >= 0.6 is 0 Å². The predicted molar refractivity (Wildman–Crippen MR) is 268 cm³/mol. The summed E-state index contributed by atoms with van der Waals surface area (Å²) in [5.74, 6) is -0.143. The van der Waals surface area contributed by atoms with Crippen molar-refractivity contribution in [2.45, 2.75) is 333 Å². The van der Waals surface area contributed by atoms with Crippen LogP contribution in [0, 0.1) is 0 Å². The number of hydrogen-bond donors (Lipinski definition) is 6. The molecule has 0 spiro atoms. The topological polar surface area (TPSA) is 149 Å². The first-order chi connectivity index (χ1) is 31.3. The van der Waals surface area contributed by atoms with E-state index >= 15 is 0 Å². The van der Waals surface area contributed by atoms with Crippen molar-refractivity contribution >= 4 is 5.91 Å². The minimum Gasteiger partial charge on any atom is -0.394 e. The molecular weight excluding hydrogens is 803 g/mol. The lowest BCUT2D eigenvalue weighted by molar-refractivity contribution is -0.302. The van der Waals surface area contributed by atoms with Gasteiger partial charge >= 0.3 is 0 Å². The maximum Gasteiger partial charge on any atom is 0.220 e. The Balaban J connectivity index is 1.95. The zero-order valence-electron chi connectivity index (χ0n) is 42.3. The van der Waals surface area contributed by atoms with Gasteiger partial charge in [0.25, 0.3) is 0 Å². The van der Waals surface area contributed by atoms with Gasteiger partial charge in [-0.3, -0.25) is 4.79 Å². The SMILES string of the molecule is CCCCCCCCCCCCCCCCCCCCCCCCCCCCCCCCCCCCCC(=O)NC(COC1OC(CO)C(O)C(O)C1O)C(O)CCCCCCCC. The van der Waals surface area contributed by atoms with E-state index in [0.717, 1.165) is 38.5 Å². The highest BCUT2D eigenvalue weighted by Gasteiger charge is 2.44. The molecule has 1 saturated heterocycles. The van der Waals surface area contributed by atoms with Gasteiger partial charge < -0.3 is 40.3 Å². The molecule has 9 heteroatoms. The molecule has 0 aromatic carbocycles. The molecule has 7 atom stereocenters. The Labute approximate surface area is 395 Å². The van der Waals surface area contributed by atoms with E-state index in [-0.39, 0.29) is 12.5 Å². The van der Waals surface area contributed by atoms with Crippen LogP contribution in [0.15, 0.2) is 0 Å². The molecule has 64 heavy (non-hydrogen) atoms. The van der Waals surface area contributed by atoms with Crippen LogP contribution in [0.5, 0.6) is 0 Å². The van der Waals surface area contributed by atoms with Crippen molar-refractivity contribution in [1.82, 2.24) is 5.32 Å². The molecule has 1 heterocycles. The van der Waals surface area contributed by atoms with Crippen molar-refractivity contribution in [3.8, 4) is 0 Å². The van der Waals surface area contributed by atoms with Gasteiger partial charge in [0.05, 0.1) is 25.4 Å². The number of amides is 1. The van der Waals surface area contributed by atoms with Gasteiger partial charge in [0.1, 0.15) is 24.4 Å². The van der Waals surface area contributed by atoms with Crippen LogP contribution in [0.4, 0.5) is 0 Å². The molecule has 6 N–H and O–H groups in total. The van der Waals surface area contributed by atoms with E-state index in [1.54, 1.807) is 0 Å². The molecule has 1 fully saturated rings. The van der Waals surface area contributed by atoms with Gasteiger partial charge in [-0.05, 0) is 12.8 Å². The summed E-state index contributed by atoms with van der Waals surface area (Å²) in [7, 11) is 0. The largest absolute Gasteiger partial charge is 0.394 e. The first kappa shape index (κ1) is 61.2. The monoisotopic (exact) mass is 912 g/mol. The lowest BCUT2D eigenvalue weighted by atomic mass is 9.99. The number of carbonyl (C=O) groups is 1. The summed E-state index contributed by atoms with van der Waals surface area (Å²) in [6.45, 7) is 3.79. The zero-order chi connectivity index (χ0) is 46.6. The van der Waals surface area contributed by atoms with Crippen molar-refractivity contribution in [3.05, 3.63) is 0 Å². The van der Waals surface area contributed by atoms with Crippen LogP contribution in [-0.4, -0.2) is 87.5 Å². The standard InChI is InChI=1S/C55H109NO8/c1-3-5-7-9-11-12-13-14-15-16-17-18-19-20-21-22-23-24-25-26-27-28-29-30-31-32-33-34-35-36-37-38-39-41-43-45-51(59)56-48(49(58)44-42-40-10-8-6-4-2)47-63-55-54(62)53(61)52(60)50(46-57)64-55/h48-50,52-55,57-58,60-62H,3-47H2,1-2H3,(H,56,59). The molecule has 1 rings (SSSR count). The highest BCUT2D eigenvalue weighted by molar-refractivity contribution is 5.76. The molecule has 0 aliphatic carbocycles. The third kappa shape index (κ3) is 35.3. The number of ether oxygens (including phenoxy) is 2. The number of carbonyl (C=O) groups excluding carboxylic acids is 1. The van der Waals surface area contributed by atoms with E-state index < -0.39 is 49.5 Å². The maximum absolute atomic E-state index is 12.9. The van der Waals surface area contributed by atoms with E-state index in [2.05, 4.69) is 19.2 Å². The molecule has 1 aliphatic rings. The Morgan fingerprint density at radius 2 is 0.781 bits per heavy atom. The second-order valence-electron chi connectivity index (χ2n) is 20.1. The quantitative estimate of drug-likeness (QED) is 0.0331. The lowest BCUT2D eigenvalue weighted by Gasteiger charge is -2.40. The Morgan fingerprint density at radius 1 is 0.469 bits per heavy atom. The predicted octanol–water partition coefficient (Wildman–Crippen LogP) is 13.5. The molecule has 0 aromatic heterocycles. The van der Waals surface area contributed by atoms with E-state index in [9.17, 15) is 30.3 Å². The van der Waals surface area contributed by atoms with Crippen LogP contribution in [0.1, 0.15) is 290 Å². The van der Waals surface area contributed by atoms with Crippen molar-refractivity contribution in [2.75, 3.05) is 13.2 Å². The summed E-state index contributed by atoms with van der Waals surface area (Å²) >= 11 is 0. The number of nitrogens with one attached hydrogen (secondary N) is 1. The Hall–Kier alpha value is -0.810. The molecule has 382 valence electrons. The summed E-state index contributed by atoms with van der Waals surface area (Å²) in [5.41, 5.74) is 0. The maximum atomic E-state index is 12.9. The zero-order valence-corrected chi connectivity index (χ0v) is 42.3. The highest BCUT2D eigenvalue weighted by atomic mass is 16.7. The fraction of sp³-hybridized carbons (Fsp3) is 0.982. The van der Waals surface area contributed by atoms with Crippen molar-refractivity contribution in [2.24, 2.45) is 0 Å². The normalized spacial score (nSPS) is 19.9.